The maximum absolute atomic E-state index is 9.84. The van der Waals surface area contributed by atoms with Crippen LogP contribution < -0.4 is 0 Å². The zero-order valence-corrected chi connectivity index (χ0v) is 11.0. The molecule has 2 rings (SSSR count). The second kappa shape index (κ2) is 3.59. The van der Waals surface area contributed by atoms with Crippen LogP contribution in [0.1, 0.15) is 48.4 Å². The van der Waals surface area contributed by atoms with Crippen molar-refractivity contribution in [1.82, 2.24) is 0 Å². The Labute approximate surface area is 98.5 Å². The Morgan fingerprint density at radius 2 is 1.62 bits per heavy atom. The first-order valence-electron chi connectivity index (χ1n) is 6.10. The molecule has 1 aromatic rings. The van der Waals surface area contributed by atoms with Gasteiger partial charge in [0.2, 0.25) is 0 Å². The van der Waals surface area contributed by atoms with Crippen LogP contribution in [0.15, 0.2) is 12.1 Å². The number of hydrogen-bond donors (Lipinski definition) is 1. The van der Waals surface area contributed by atoms with Crippen LogP contribution >= 0.6 is 0 Å². The monoisotopic (exact) mass is 218 g/mol. The van der Waals surface area contributed by atoms with Gasteiger partial charge in [-0.2, -0.15) is 0 Å². The van der Waals surface area contributed by atoms with Gasteiger partial charge in [0.05, 0.1) is 6.10 Å². The van der Waals surface area contributed by atoms with E-state index >= 15 is 0 Å². The summed E-state index contributed by atoms with van der Waals surface area (Å²) in [5.74, 6) is 0.517. The normalized spacial score (nSPS) is 27.6. The van der Waals surface area contributed by atoms with E-state index < -0.39 is 0 Å². The first kappa shape index (κ1) is 11.7. The van der Waals surface area contributed by atoms with Gasteiger partial charge in [-0.1, -0.05) is 31.5 Å². The molecule has 1 aliphatic rings. The van der Waals surface area contributed by atoms with Crippen LogP contribution in [0, 0.1) is 26.2 Å². The Bertz CT molecular complexity index is 394. The summed E-state index contributed by atoms with van der Waals surface area (Å²) >= 11 is 0. The summed E-state index contributed by atoms with van der Waals surface area (Å²) in [5, 5.41) is 9.84. The van der Waals surface area contributed by atoms with Crippen molar-refractivity contribution in [3.05, 3.63) is 34.4 Å². The summed E-state index contributed by atoms with van der Waals surface area (Å²) in [6, 6.07) is 4.51. The van der Waals surface area contributed by atoms with Gasteiger partial charge in [0.15, 0.2) is 0 Å². The fourth-order valence-electron chi connectivity index (χ4n) is 3.13. The summed E-state index contributed by atoms with van der Waals surface area (Å²) in [6.45, 7) is 10.9. The lowest BCUT2D eigenvalue weighted by atomic mass is 9.56. The number of aryl methyl sites for hydroxylation is 3. The van der Waals surface area contributed by atoms with Gasteiger partial charge in [-0.05, 0) is 55.2 Å². The van der Waals surface area contributed by atoms with E-state index in [0.717, 1.165) is 6.42 Å². The molecule has 1 aliphatic carbocycles. The third kappa shape index (κ3) is 1.58. The molecular formula is C15H22O. The quantitative estimate of drug-likeness (QED) is 0.765. The summed E-state index contributed by atoms with van der Waals surface area (Å²) < 4.78 is 0. The van der Waals surface area contributed by atoms with Crippen molar-refractivity contribution in [3.63, 3.8) is 0 Å². The summed E-state index contributed by atoms with van der Waals surface area (Å²) in [7, 11) is 0. The predicted octanol–water partition coefficient (Wildman–Crippen LogP) is 3.49. The lowest BCUT2D eigenvalue weighted by Crippen LogP contribution is -2.47. The lowest BCUT2D eigenvalue weighted by Gasteiger charge is -2.50. The van der Waals surface area contributed by atoms with E-state index in [1.165, 1.54) is 22.3 Å². The molecule has 1 aromatic carbocycles. The number of rotatable bonds is 1. The average Bonchev–Trinajstić information content (AvgIpc) is 2.15. The lowest BCUT2D eigenvalue weighted by molar-refractivity contribution is -0.0629. The van der Waals surface area contributed by atoms with Gasteiger partial charge in [-0.3, -0.25) is 0 Å². The minimum absolute atomic E-state index is 0.0325. The van der Waals surface area contributed by atoms with Gasteiger partial charge in [-0.15, -0.1) is 0 Å². The SMILES string of the molecule is Cc1cc(C)c(C2CC(O)C2(C)C)c(C)c1. The van der Waals surface area contributed by atoms with Gasteiger partial charge in [0, 0.05) is 0 Å². The molecule has 0 amide bonds. The standard InChI is InChI=1S/C15H22O/c1-9-6-10(2)14(11(3)7-9)12-8-13(16)15(12,4)5/h6-7,12-13,16H,8H2,1-5H3. The highest BCUT2D eigenvalue weighted by Gasteiger charge is 2.48. The van der Waals surface area contributed by atoms with Gasteiger partial charge >= 0.3 is 0 Å². The highest BCUT2D eigenvalue weighted by Crippen LogP contribution is 2.53. The van der Waals surface area contributed by atoms with Crippen molar-refractivity contribution in [2.45, 2.75) is 53.1 Å². The maximum Gasteiger partial charge on any atom is 0.0603 e. The van der Waals surface area contributed by atoms with Crippen LogP contribution in [-0.2, 0) is 0 Å². The van der Waals surface area contributed by atoms with E-state index in [9.17, 15) is 5.11 Å². The van der Waals surface area contributed by atoms with Crippen LogP contribution in [0.2, 0.25) is 0 Å². The van der Waals surface area contributed by atoms with E-state index in [2.05, 4.69) is 46.8 Å². The molecule has 1 nitrogen and oxygen atoms in total. The molecule has 0 saturated heterocycles. The zero-order chi connectivity index (χ0) is 12.1. The molecule has 1 heteroatoms. The van der Waals surface area contributed by atoms with Crippen molar-refractivity contribution in [1.29, 1.82) is 0 Å². The fraction of sp³-hybridized carbons (Fsp3) is 0.600. The molecule has 16 heavy (non-hydrogen) atoms. The first-order valence-corrected chi connectivity index (χ1v) is 6.10. The number of hydrogen-bond acceptors (Lipinski definition) is 1. The van der Waals surface area contributed by atoms with Crippen molar-refractivity contribution in [3.8, 4) is 0 Å². The summed E-state index contributed by atoms with van der Waals surface area (Å²) in [5.41, 5.74) is 5.58. The largest absolute Gasteiger partial charge is 0.393 e. The van der Waals surface area contributed by atoms with E-state index in [-0.39, 0.29) is 11.5 Å². The Kier molecular flexibility index (Phi) is 2.62. The van der Waals surface area contributed by atoms with Crippen molar-refractivity contribution < 1.29 is 5.11 Å². The molecule has 0 aliphatic heterocycles. The fourth-order valence-corrected chi connectivity index (χ4v) is 3.13. The van der Waals surface area contributed by atoms with Crippen molar-refractivity contribution >= 4 is 0 Å². The van der Waals surface area contributed by atoms with Gasteiger partial charge in [0.25, 0.3) is 0 Å². The molecule has 0 aromatic heterocycles. The van der Waals surface area contributed by atoms with E-state index in [1.54, 1.807) is 0 Å². The van der Waals surface area contributed by atoms with Gasteiger partial charge in [0.1, 0.15) is 0 Å². The Balaban J connectivity index is 2.43. The van der Waals surface area contributed by atoms with E-state index in [4.69, 9.17) is 0 Å². The van der Waals surface area contributed by atoms with Gasteiger partial charge in [-0.25, -0.2) is 0 Å². The molecule has 0 spiro atoms. The summed E-state index contributed by atoms with van der Waals surface area (Å²) in [6.07, 6.45) is 0.773. The van der Waals surface area contributed by atoms with Crippen LogP contribution in [0.3, 0.4) is 0 Å². The predicted molar refractivity (Wildman–Crippen MR) is 67.8 cm³/mol. The molecule has 2 unspecified atom stereocenters. The van der Waals surface area contributed by atoms with E-state index in [0.29, 0.717) is 5.92 Å². The van der Waals surface area contributed by atoms with E-state index in [1.807, 2.05) is 0 Å². The van der Waals surface area contributed by atoms with Crippen LogP contribution in [0.5, 0.6) is 0 Å². The minimum Gasteiger partial charge on any atom is -0.393 e. The third-order valence-electron chi connectivity index (χ3n) is 4.30. The second-order valence-electron chi connectivity index (χ2n) is 5.94. The maximum atomic E-state index is 9.84. The van der Waals surface area contributed by atoms with Crippen molar-refractivity contribution in [2.24, 2.45) is 5.41 Å². The average molecular weight is 218 g/mol. The Morgan fingerprint density at radius 3 is 2.00 bits per heavy atom. The van der Waals surface area contributed by atoms with Gasteiger partial charge < -0.3 is 5.11 Å². The highest BCUT2D eigenvalue weighted by atomic mass is 16.3. The number of aliphatic hydroxyl groups is 1. The molecule has 2 atom stereocenters. The second-order valence-corrected chi connectivity index (χ2v) is 5.94. The molecular weight excluding hydrogens is 196 g/mol. The number of benzene rings is 1. The zero-order valence-electron chi connectivity index (χ0n) is 11.0. The minimum atomic E-state index is -0.141. The third-order valence-corrected chi connectivity index (χ3v) is 4.30. The smallest absolute Gasteiger partial charge is 0.0603 e. The Hall–Kier alpha value is -0.820. The molecule has 0 bridgehead atoms. The van der Waals surface area contributed by atoms with Crippen LogP contribution in [0.4, 0.5) is 0 Å². The molecule has 0 heterocycles. The molecule has 1 N–H and O–H groups in total. The van der Waals surface area contributed by atoms with Crippen molar-refractivity contribution in [2.75, 3.05) is 0 Å². The molecule has 1 fully saturated rings. The molecule has 0 radical (unpaired) electrons. The topological polar surface area (TPSA) is 20.2 Å². The molecule has 88 valence electrons. The first-order chi connectivity index (χ1) is 7.34. The highest BCUT2D eigenvalue weighted by molar-refractivity contribution is 5.42. The molecule has 1 saturated carbocycles. The van der Waals surface area contributed by atoms with Crippen LogP contribution in [-0.4, -0.2) is 11.2 Å². The van der Waals surface area contributed by atoms with Crippen LogP contribution in [0.25, 0.3) is 0 Å². The number of aliphatic hydroxyl groups excluding tert-OH is 1. The summed E-state index contributed by atoms with van der Waals surface area (Å²) in [4.78, 5) is 0. The Morgan fingerprint density at radius 1 is 1.12 bits per heavy atom.